The van der Waals surface area contributed by atoms with Gasteiger partial charge in [0.05, 0.1) is 24.3 Å². The van der Waals surface area contributed by atoms with Crippen molar-refractivity contribution in [3.8, 4) is 10.7 Å². The Hall–Kier alpha value is -3.05. The van der Waals surface area contributed by atoms with Crippen molar-refractivity contribution in [2.24, 2.45) is 0 Å². The van der Waals surface area contributed by atoms with Gasteiger partial charge >= 0.3 is 0 Å². The van der Waals surface area contributed by atoms with E-state index in [1.807, 2.05) is 18.5 Å². The van der Waals surface area contributed by atoms with E-state index in [0.29, 0.717) is 6.04 Å². The second-order valence-electron chi connectivity index (χ2n) is 7.14. The summed E-state index contributed by atoms with van der Waals surface area (Å²) in [7, 11) is 0. The number of carbonyl (C=O) groups is 1. The van der Waals surface area contributed by atoms with Crippen molar-refractivity contribution in [3.63, 3.8) is 0 Å². The zero-order valence-corrected chi connectivity index (χ0v) is 17.9. The molecule has 11 heteroatoms. The van der Waals surface area contributed by atoms with Crippen molar-refractivity contribution in [3.05, 3.63) is 37.1 Å². The zero-order chi connectivity index (χ0) is 21.5. The van der Waals surface area contributed by atoms with Gasteiger partial charge < -0.3 is 24.2 Å². The largest absolute Gasteiger partial charge is 0.483 e. The molecule has 1 N–H and O–H groups in total. The van der Waals surface area contributed by atoms with Gasteiger partial charge in [-0.3, -0.25) is 4.79 Å². The molecule has 5 rings (SSSR count). The first-order valence-corrected chi connectivity index (χ1v) is 11.0. The predicted octanol–water partition coefficient (Wildman–Crippen LogP) is 2.18. The molecule has 2 aliphatic rings. The van der Waals surface area contributed by atoms with E-state index in [-0.39, 0.29) is 6.47 Å². The van der Waals surface area contributed by atoms with Crippen molar-refractivity contribution in [1.29, 1.82) is 0 Å². The Kier molecular flexibility index (Phi) is 7.05. The Morgan fingerprint density at radius 1 is 1.00 bits per heavy atom. The topological polar surface area (TPSA) is 110 Å². The van der Waals surface area contributed by atoms with E-state index < -0.39 is 0 Å². The van der Waals surface area contributed by atoms with Crippen LogP contribution in [0.4, 0.5) is 11.1 Å². The molecule has 3 aromatic rings. The number of aromatic nitrogens is 5. The molecular formula is C20H25N7O3S. The lowest BCUT2D eigenvalue weighted by molar-refractivity contribution is -0.122. The summed E-state index contributed by atoms with van der Waals surface area (Å²) in [4.78, 5) is 32.1. The number of carboxylic acid groups (broad SMARTS) is 1. The minimum absolute atomic E-state index is 0.250. The third-order valence-corrected chi connectivity index (χ3v) is 6.41. The molecule has 10 nitrogen and oxygen atoms in total. The SMILES string of the molecule is O=CO.c1cnc(N2CCC(n3ccnc3-c3cnc(N4CCOCC4)s3)CC2)nc1. The monoisotopic (exact) mass is 443 g/mol. The van der Waals surface area contributed by atoms with Crippen LogP contribution < -0.4 is 9.80 Å². The molecule has 2 aliphatic heterocycles. The molecule has 3 aromatic heterocycles. The molecule has 2 fully saturated rings. The first kappa shape index (κ1) is 21.2. The summed E-state index contributed by atoms with van der Waals surface area (Å²) in [5.74, 6) is 1.84. The summed E-state index contributed by atoms with van der Waals surface area (Å²) in [6.45, 7) is 5.01. The summed E-state index contributed by atoms with van der Waals surface area (Å²) in [6, 6.07) is 2.29. The van der Waals surface area contributed by atoms with Gasteiger partial charge in [0.1, 0.15) is 0 Å². The van der Waals surface area contributed by atoms with Crippen LogP contribution in [0.5, 0.6) is 0 Å². The van der Waals surface area contributed by atoms with Crippen molar-refractivity contribution < 1.29 is 14.6 Å². The van der Waals surface area contributed by atoms with Gasteiger partial charge in [-0.1, -0.05) is 11.3 Å². The van der Waals surface area contributed by atoms with Crippen LogP contribution in [0.1, 0.15) is 18.9 Å². The molecule has 0 radical (unpaired) electrons. The number of nitrogens with zero attached hydrogens (tertiary/aromatic N) is 7. The van der Waals surface area contributed by atoms with Crippen LogP contribution in [0.2, 0.25) is 0 Å². The summed E-state index contributed by atoms with van der Waals surface area (Å²) in [5.41, 5.74) is 0. The summed E-state index contributed by atoms with van der Waals surface area (Å²) in [6.07, 6.45) is 11.7. The number of imidazole rings is 1. The number of anilines is 2. The van der Waals surface area contributed by atoms with E-state index in [1.165, 1.54) is 0 Å². The molecule has 0 atom stereocenters. The first-order valence-electron chi connectivity index (χ1n) is 10.2. The minimum atomic E-state index is -0.250. The Balaban J connectivity index is 0.000000730. The average molecular weight is 444 g/mol. The van der Waals surface area contributed by atoms with Crippen molar-refractivity contribution in [1.82, 2.24) is 24.5 Å². The molecule has 0 bridgehead atoms. The predicted molar refractivity (Wildman–Crippen MR) is 118 cm³/mol. The summed E-state index contributed by atoms with van der Waals surface area (Å²) in [5, 5.41) is 7.95. The number of piperidine rings is 1. The van der Waals surface area contributed by atoms with Crippen LogP contribution in [-0.4, -0.2) is 75.5 Å². The van der Waals surface area contributed by atoms with Gasteiger partial charge in [-0.2, -0.15) is 0 Å². The third kappa shape index (κ3) is 5.00. The highest BCUT2D eigenvalue weighted by atomic mass is 32.1. The molecule has 0 saturated carbocycles. The Labute approximate surface area is 184 Å². The third-order valence-electron chi connectivity index (χ3n) is 5.36. The Morgan fingerprint density at radius 3 is 2.42 bits per heavy atom. The van der Waals surface area contributed by atoms with Crippen LogP contribution in [0.25, 0.3) is 10.7 Å². The summed E-state index contributed by atoms with van der Waals surface area (Å²) < 4.78 is 7.76. The van der Waals surface area contributed by atoms with Crippen molar-refractivity contribution in [2.75, 3.05) is 49.2 Å². The standard InChI is InChI=1S/C19H23N7OS.CH2O2/c1-4-21-18(22-5-1)24-7-2-15(3-8-24)26-9-6-20-17(26)16-14-23-19(28-16)25-10-12-27-13-11-25;2-1-3/h1,4-6,9,14-15H,2-3,7-8,10-13H2;1H,(H,2,3). The number of rotatable bonds is 4. The number of morpholine rings is 1. The molecule has 0 aliphatic carbocycles. The van der Waals surface area contributed by atoms with Gasteiger partial charge in [0.15, 0.2) is 11.0 Å². The molecule has 164 valence electrons. The van der Waals surface area contributed by atoms with Crippen LogP contribution >= 0.6 is 11.3 Å². The summed E-state index contributed by atoms with van der Waals surface area (Å²) >= 11 is 1.72. The fourth-order valence-corrected chi connectivity index (χ4v) is 4.83. The molecular weight excluding hydrogens is 418 g/mol. The minimum Gasteiger partial charge on any atom is -0.483 e. The Bertz CT molecular complexity index is 951. The number of ether oxygens (including phenoxy) is 1. The zero-order valence-electron chi connectivity index (χ0n) is 17.1. The molecule has 0 amide bonds. The highest BCUT2D eigenvalue weighted by Gasteiger charge is 2.25. The van der Waals surface area contributed by atoms with Gasteiger partial charge in [0.2, 0.25) is 5.95 Å². The van der Waals surface area contributed by atoms with Gasteiger partial charge in [-0.05, 0) is 18.9 Å². The number of hydrogen-bond acceptors (Lipinski definition) is 9. The van der Waals surface area contributed by atoms with Gasteiger partial charge in [-0.15, -0.1) is 0 Å². The quantitative estimate of drug-likeness (QED) is 0.607. The highest BCUT2D eigenvalue weighted by molar-refractivity contribution is 7.18. The highest BCUT2D eigenvalue weighted by Crippen LogP contribution is 2.34. The van der Waals surface area contributed by atoms with Crippen LogP contribution in [-0.2, 0) is 9.53 Å². The van der Waals surface area contributed by atoms with Crippen molar-refractivity contribution in [2.45, 2.75) is 18.9 Å². The first-order chi connectivity index (χ1) is 15.3. The molecule has 5 heterocycles. The van der Waals surface area contributed by atoms with Gasteiger partial charge in [0.25, 0.3) is 6.47 Å². The van der Waals surface area contributed by atoms with E-state index in [2.05, 4.69) is 40.5 Å². The van der Waals surface area contributed by atoms with Gasteiger partial charge in [-0.25, -0.2) is 19.9 Å². The molecule has 2 saturated heterocycles. The van der Waals surface area contributed by atoms with E-state index >= 15 is 0 Å². The lowest BCUT2D eigenvalue weighted by atomic mass is 10.0. The molecule has 0 aromatic carbocycles. The number of thiazole rings is 1. The van der Waals surface area contributed by atoms with E-state index in [9.17, 15) is 0 Å². The number of hydrogen-bond donors (Lipinski definition) is 1. The lowest BCUT2D eigenvalue weighted by Gasteiger charge is -2.33. The fourth-order valence-electron chi connectivity index (χ4n) is 3.87. The smallest absolute Gasteiger partial charge is 0.290 e. The maximum Gasteiger partial charge on any atom is 0.290 e. The fraction of sp³-hybridized carbons (Fsp3) is 0.450. The van der Waals surface area contributed by atoms with Crippen LogP contribution in [0, 0.1) is 0 Å². The molecule has 0 spiro atoms. The second kappa shape index (κ2) is 10.3. The van der Waals surface area contributed by atoms with Crippen LogP contribution in [0.15, 0.2) is 37.1 Å². The van der Waals surface area contributed by atoms with Crippen molar-refractivity contribution >= 4 is 28.9 Å². The van der Waals surface area contributed by atoms with Gasteiger partial charge in [0, 0.05) is 57.0 Å². The molecule has 0 unspecified atom stereocenters. The Morgan fingerprint density at radius 2 is 1.71 bits per heavy atom. The average Bonchev–Trinajstić information content (AvgIpc) is 3.51. The maximum atomic E-state index is 8.36. The molecule has 31 heavy (non-hydrogen) atoms. The normalized spacial score (nSPS) is 17.2. The maximum absolute atomic E-state index is 8.36. The second-order valence-corrected chi connectivity index (χ2v) is 8.15. The van der Waals surface area contributed by atoms with E-state index in [0.717, 1.165) is 74.0 Å². The lowest BCUT2D eigenvalue weighted by Crippen LogP contribution is -2.36. The van der Waals surface area contributed by atoms with Crippen LogP contribution in [0.3, 0.4) is 0 Å². The van der Waals surface area contributed by atoms with E-state index in [4.69, 9.17) is 14.6 Å². The van der Waals surface area contributed by atoms with E-state index in [1.54, 1.807) is 23.7 Å².